The molecule has 2 aromatic rings. The van der Waals surface area contributed by atoms with Gasteiger partial charge in [-0.05, 0) is 18.6 Å². The SMILES string of the molecule is O=C(O)c1cnc(N2CC[C@@H](Nc3ncccn3)[C@H](O)C2)c(Cl)c1. The number of hydrogen-bond donors (Lipinski definition) is 3. The molecule has 126 valence electrons. The molecule has 2 atom stereocenters. The first kappa shape index (κ1) is 16.4. The summed E-state index contributed by atoms with van der Waals surface area (Å²) in [7, 11) is 0. The molecule has 1 aliphatic heterocycles. The highest BCUT2D eigenvalue weighted by Crippen LogP contribution is 2.27. The van der Waals surface area contributed by atoms with Gasteiger partial charge < -0.3 is 20.4 Å². The van der Waals surface area contributed by atoms with Crippen LogP contribution in [-0.4, -0.2) is 56.4 Å². The van der Waals surface area contributed by atoms with E-state index in [0.717, 1.165) is 0 Å². The Morgan fingerprint density at radius 2 is 2.08 bits per heavy atom. The second kappa shape index (κ2) is 6.98. The Balaban J connectivity index is 1.68. The highest BCUT2D eigenvalue weighted by atomic mass is 35.5. The molecule has 3 N–H and O–H groups in total. The van der Waals surface area contributed by atoms with E-state index in [9.17, 15) is 9.90 Å². The van der Waals surface area contributed by atoms with Gasteiger partial charge in [-0.3, -0.25) is 0 Å². The van der Waals surface area contributed by atoms with Gasteiger partial charge in [-0.25, -0.2) is 19.7 Å². The fourth-order valence-electron chi connectivity index (χ4n) is 2.61. The summed E-state index contributed by atoms with van der Waals surface area (Å²) in [4.78, 5) is 25.1. The number of halogens is 1. The van der Waals surface area contributed by atoms with Gasteiger partial charge in [0.1, 0.15) is 5.82 Å². The highest BCUT2D eigenvalue weighted by Gasteiger charge is 2.29. The number of aromatic nitrogens is 3. The predicted molar refractivity (Wildman–Crippen MR) is 88.5 cm³/mol. The van der Waals surface area contributed by atoms with E-state index < -0.39 is 12.1 Å². The molecule has 0 aromatic carbocycles. The van der Waals surface area contributed by atoms with Gasteiger partial charge in [0.15, 0.2) is 0 Å². The summed E-state index contributed by atoms with van der Waals surface area (Å²) in [5.41, 5.74) is 0.0297. The Kier molecular flexibility index (Phi) is 4.77. The number of β-amino-alcohol motifs (C(OH)–C–C–N with tert-alkyl or cyclic N) is 1. The van der Waals surface area contributed by atoms with Crippen molar-refractivity contribution in [1.82, 2.24) is 15.0 Å². The van der Waals surface area contributed by atoms with Gasteiger partial charge in [0, 0.05) is 31.7 Å². The second-order valence-electron chi connectivity index (χ2n) is 5.46. The fourth-order valence-corrected chi connectivity index (χ4v) is 2.90. The normalized spacial score (nSPS) is 20.7. The predicted octanol–water partition coefficient (Wildman–Crippen LogP) is 1.27. The molecule has 0 unspecified atom stereocenters. The minimum absolute atomic E-state index is 0.0297. The summed E-state index contributed by atoms with van der Waals surface area (Å²) in [5, 5.41) is 22.7. The number of piperidine rings is 1. The molecule has 0 aliphatic carbocycles. The molecule has 1 saturated heterocycles. The van der Waals surface area contributed by atoms with Gasteiger partial charge in [0.05, 0.1) is 22.7 Å². The number of carbonyl (C=O) groups is 1. The smallest absolute Gasteiger partial charge is 0.337 e. The maximum atomic E-state index is 10.9. The van der Waals surface area contributed by atoms with E-state index in [0.29, 0.717) is 31.3 Å². The molecular weight excluding hydrogens is 334 g/mol. The van der Waals surface area contributed by atoms with Crippen LogP contribution in [0.25, 0.3) is 0 Å². The molecular formula is C15H16ClN5O3. The molecule has 1 fully saturated rings. The van der Waals surface area contributed by atoms with Crippen LogP contribution in [0.3, 0.4) is 0 Å². The van der Waals surface area contributed by atoms with Gasteiger partial charge in [0.2, 0.25) is 5.95 Å². The van der Waals surface area contributed by atoms with Crippen molar-refractivity contribution < 1.29 is 15.0 Å². The van der Waals surface area contributed by atoms with Crippen molar-refractivity contribution in [3.05, 3.63) is 41.3 Å². The number of nitrogens with one attached hydrogen (secondary N) is 1. The number of aromatic carboxylic acids is 1. The zero-order chi connectivity index (χ0) is 17.1. The molecule has 3 heterocycles. The van der Waals surface area contributed by atoms with E-state index in [2.05, 4.69) is 20.3 Å². The molecule has 9 heteroatoms. The van der Waals surface area contributed by atoms with Crippen molar-refractivity contribution in [2.45, 2.75) is 18.6 Å². The molecule has 0 spiro atoms. The van der Waals surface area contributed by atoms with Crippen LogP contribution in [-0.2, 0) is 0 Å². The van der Waals surface area contributed by atoms with E-state index >= 15 is 0 Å². The molecule has 8 nitrogen and oxygen atoms in total. The standard InChI is InChI=1S/C15H16ClN5O3/c16-10-6-9(14(23)24)7-19-13(10)21-5-2-11(12(22)8-21)20-15-17-3-1-4-18-15/h1,3-4,6-7,11-12,22H,2,5,8H2,(H,23,24)(H,17,18,20)/t11-,12-/m1/s1. The number of aliphatic hydroxyl groups is 1. The zero-order valence-electron chi connectivity index (χ0n) is 12.6. The summed E-state index contributed by atoms with van der Waals surface area (Å²) < 4.78 is 0. The quantitative estimate of drug-likeness (QED) is 0.756. The Hall–Kier alpha value is -2.45. The zero-order valence-corrected chi connectivity index (χ0v) is 13.4. The van der Waals surface area contributed by atoms with Crippen LogP contribution in [0.2, 0.25) is 5.02 Å². The van der Waals surface area contributed by atoms with Crippen molar-refractivity contribution in [3.8, 4) is 0 Å². The molecule has 1 aliphatic rings. The van der Waals surface area contributed by atoms with E-state index in [1.165, 1.54) is 12.3 Å². The van der Waals surface area contributed by atoms with Gasteiger partial charge in [-0.2, -0.15) is 0 Å². The number of carboxylic acids is 1. The third-order valence-electron chi connectivity index (χ3n) is 3.83. The Labute approximate surface area is 143 Å². The number of hydrogen-bond acceptors (Lipinski definition) is 7. The fraction of sp³-hybridized carbons (Fsp3) is 0.333. The van der Waals surface area contributed by atoms with E-state index in [-0.39, 0.29) is 16.6 Å². The lowest BCUT2D eigenvalue weighted by molar-refractivity contribution is 0.0696. The minimum Gasteiger partial charge on any atom is -0.478 e. The Morgan fingerprint density at radius 1 is 1.33 bits per heavy atom. The van der Waals surface area contributed by atoms with Crippen LogP contribution in [0.5, 0.6) is 0 Å². The summed E-state index contributed by atoms with van der Waals surface area (Å²) in [6, 6.07) is 2.90. The molecule has 0 amide bonds. The summed E-state index contributed by atoms with van der Waals surface area (Å²) in [6.45, 7) is 0.935. The average Bonchev–Trinajstić information content (AvgIpc) is 2.57. The number of carboxylic acid groups (broad SMARTS) is 1. The first-order valence-electron chi connectivity index (χ1n) is 7.40. The van der Waals surface area contributed by atoms with Crippen LogP contribution in [0, 0.1) is 0 Å². The van der Waals surface area contributed by atoms with Crippen LogP contribution >= 0.6 is 11.6 Å². The lowest BCUT2D eigenvalue weighted by Crippen LogP contribution is -2.50. The number of aliphatic hydroxyl groups excluding tert-OH is 1. The number of nitrogens with zero attached hydrogens (tertiary/aromatic N) is 4. The summed E-state index contributed by atoms with van der Waals surface area (Å²) in [6.07, 6.45) is 4.49. The molecule has 3 rings (SSSR count). The van der Waals surface area contributed by atoms with E-state index in [1.807, 2.05) is 4.90 Å². The number of pyridine rings is 1. The van der Waals surface area contributed by atoms with Gasteiger partial charge in [0.25, 0.3) is 0 Å². The van der Waals surface area contributed by atoms with E-state index in [4.69, 9.17) is 16.7 Å². The maximum Gasteiger partial charge on any atom is 0.337 e. The van der Waals surface area contributed by atoms with Gasteiger partial charge >= 0.3 is 5.97 Å². The average molecular weight is 350 g/mol. The third kappa shape index (κ3) is 3.55. The topological polar surface area (TPSA) is 111 Å². The number of anilines is 2. The van der Waals surface area contributed by atoms with Crippen molar-refractivity contribution in [1.29, 1.82) is 0 Å². The van der Waals surface area contributed by atoms with Crippen molar-refractivity contribution in [3.63, 3.8) is 0 Å². The maximum absolute atomic E-state index is 10.9. The van der Waals surface area contributed by atoms with Crippen molar-refractivity contribution in [2.24, 2.45) is 0 Å². The second-order valence-corrected chi connectivity index (χ2v) is 5.87. The Morgan fingerprint density at radius 3 is 2.71 bits per heavy atom. The summed E-state index contributed by atoms with van der Waals surface area (Å²) >= 11 is 6.14. The monoisotopic (exact) mass is 349 g/mol. The van der Waals surface area contributed by atoms with Crippen LogP contribution in [0.1, 0.15) is 16.8 Å². The van der Waals surface area contributed by atoms with Crippen molar-refractivity contribution >= 4 is 29.3 Å². The first-order chi connectivity index (χ1) is 11.5. The lowest BCUT2D eigenvalue weighted by atomic mass is 10.0. The van der Waals surface area contributed by atoms with Gasteiger partial charge in [-0.15, -0.1) is 0 Å². The molecule has 0 saturated carbocycles. The molecule has 2 aromatic heterocycles. The van der Waals surface area contributed by atoms with E-state index in [1.54, 1.807) is 18.5 Å². The van der Waals surface area contributed by atoms with Crippen LogP contribution < -0.4 is 10.2 Å². The summed E-state index contributed by atoms with van der Waals surface area (Å²) in [5.74, 6) is -0.145. The Bertz CT molecular complexity index is 730. The van der Waals surface area contributed by atoms with Gasteiger partial charge in [-0.1, -0.05) is 11.6 Å². The largest absolute Gasteiger partial charge is 0.478 e. The van der Waals surface area contributed by atoms with Crippen molar-refractivity contribution in [2.75, 3.05) is 23.3 Å². The molecule has 24 heavy (non-hydrogen) atoms. The lowest BCUT2D eigenvalue weighted by Gasteiger charge is -2.37. The highest BCUT2D eigenvalue weighted by molar-refractivity contribution is 6.33. The minimum atomic E-state index is -1.08. The van der Waals surface area contributed by atoms with Crippen LogP contribution in [0.15, 0.2) is 30.7 Å². The number of rotatable bonds is 4. The molecule has 0 bridgehead atoms. The third-order valence-corrected chi connectivity index (χ3v) is 4.11. The first-order valence-corrected chi connectivity index (χ1v) is 7.78. The van der Waals surface area contributed by atoms with Crippen LogP contribution in [0.4, 0.5) is 11.8 Å². The molecule has 0 radical (unpaired) electrons.